The van der Waals surface area contributed by atoms with Crippen molar-refractivity contribution >= 4 is 22.6 Å². The third kappa shape index (κ3) is 3.91. The summed E-state index contributed by atoms with van der Waals surface area (Å²) in [5.74, 6) is -0.101. The molecule has 7 heteroatoms. The molecule has 29 heavy (non-hydrogen) atoms. The minimum absolute atomic E-state index is 0.0117. The van der Waals surface area contributed by atoms with Gasteiger partial charge in [-0.25, -0.2) is 4.39 Å². The van der Waals surface area contributed by atoms with Gasteiger partial charge in [0.1, 0.15) is 5.82 Å². The minimum atomic E-state index is -0.538. The molecule has 6 nitrogen and oxygen atoms in total. The second kappa shape index (κ2) is 7.97. The van der Waals surface area contributed by atoms with E-state index in [2.05, 4.69) is 4.98 Å². The number of hydrogen-bond acceptors (Lipinski definition) is 3. The lowest BCUT2D eigenvalue weighted by molar-refractivity contribution is -0.144. The smallest absolute Gasteiger partial charge is 0.259 e. The molecule has 2 aliphatic rings. The van der Waals surface area contributed by atoms with Gasteiger partial charge < -0.3 is 14.8 Å². The van der Waals surface area contributed by atoms with Crippen LogP contribution in [-0.4, -0.2) is 52.8 Å². The molecule has 2 amide bonds. The minimum Gasteiger partial charge on any atom is -0.339 e. The number of pyridine rings is 1. The standard InChI is InChI=1S/C22H26FN3O3/c1-14-5-7-18(23)20-17(14)13-16(24-21(20)28)6-8-19(27)25-9-11-26(12-10-25)22(29)15-3-2-4-15/h5,7,13,15H,2-4,6,8-12H2,1H3,(H,24,28). The van der Waals surface area contributed by atoms with Crippen LogP contribution in [0.15, 0.2) is 23.0 Å². The summed E-state index contributed by atoms with van der Waals surface area (Å²) in [7, 11) is 0. The predicted octanol–water partition coefficient (Wildman–Crippen LogP) is 2.38. The number of fused-ring (bicyclic) bond motifs is 1. The Morgan fingerprint density at radius 1 is 1.14 bits per heavy atom. The first-order chi connectivity index (χ1) is 13.9. The highest BCUT2D eigenvalue weighted by molar-refractivity contribution is 5.86. The van der Waals surface area contributed by atoms with Crippen LogP contribution in [0.1, 0.15) is 36.9 Å². The van der Waals surface area contributed by atoms with E-state index >= 15 is 0 Å². The summed E-state index contributed by atoms with van der Waals surface area (Å²) in [6.07, 6.45) is 3.78. The maximum atomic E-state index is 14.0. The SMILES string of the molecule is Cc1ccc(F)c2c(=O)[nH]c(CCC(=O)N3CCN(C(=O)C4CCC4)CC3)cc12. The number of rotatable bonds is 4. The molecule has 1 N–H and O–H groups in total. The zero-order valence-electron chi connectivity index (χ0n) is 16.7. The van der Waals surface area contributed by atoms with Crippen LogP contribution in [0.25, 0.3) is 10.8 Å². The molecule has 0 atom stereocenters. The summed E-state index contributed by atoms with van der Waals surface area (Å²) >= 11 is 0. The number of nitrogens with one attached hydrogen (secondary N) is 1. The fourth-order valence-corrected chi connectivity index (χ4v) is 4.16. The molecule has 1 aliphatic carbocycles. The third-order valence-electron chi connectivity index (χ3n) is 6.24. The van der Waals surface area contributed by atoms with Gasteiger partial charge in [0.15, 0.2) is 0 Å². The van der Waals surface area contributed by atoms with E-state index in [1.54, 1.807) is 17.0 Å². The first-order valence-corrected chi connectivity index (χ1v) is 10.3. The third-order valence-corrected chi connectivity index (χ3v) is 6.24. The Hall–Kier alpha value is -2.70. The fraction of sp³-hybridized carbons (Fsp3) is 0.500. The van der Waals surface area contributed by atoms with Crippen LogP contribution in [0.4, 0.5) is 4.39 Å². The van der Waals surface area contributed by atoms with E-state index in [1.165, 1.54) is 6.07 Å². The molecule has 0 unspecified atom stereocenters. The van der Waals surface area contributed by atoms with Crippen molar-refractivity contribution in [3.05, 3.63) is 45.6 Å². The number of aromatic nitrogens is 1. The molecule has 0 radical (unpaired) electrons. The average molecular weight is 399 g/mol. The zero-order chi connectivity index (χ0) is 20.5. The molecule has 1 aromatic carbocycles. The highest BCUT2D eigenvalue weighted by Crippen LogP contribution is 2.28. The number of hydrogen-bond donors (Lipinski definition) is 1. The number of aryl methyl sites for hydroxylation is 2. The Kier molecular flexibility index (Phi) is 5.39. The number of amides is 2. The first kappa shape index (κ1) is 19.6. The van der Waals surface area contributed by atoms with Gasteiger partial charge in [0.25, 0.3) is 5.56 Å². The van der Waals surface area contributed by atoms with Crippen molar-refractivity contribution in [2.45, 2.75) is 39.0 Å². The molecule has 2 heterocycles. The summed E-state index contributed by atoms with van der Waals surface area (Å²) in [5.41, 5.74) is 0.991. The van der Waals surface area contributed by atoms with Crippen molar-refractivity contribution in [3.8, 4) is 0 Å². The zero-order valence-corrected chi connectivity index (χ0v) is 16.7. The molecule has 4 rings (SSSR count). The Bertz CT molecular complexity index is 1000. The molecule has 1 aliphatic heterocycles. The van der Waals surface area contributed by atoms with Crippen molar-refractivity contribution in [1.82, 2.24) is 14.8 Å². The summed E-state index contributed by atoms with van der Waals surface area (Å²) in [4.78, 5) is 43.6. The number of benzene rings is 1. The molecule has 1 aromatic heterocycles. The molecule has 1 saturated heterocycles. The molecule has 0 bridgehead atoms. The van der Waals surface area contributed by atoms with Gasteiger partial charge in [0.2, 0.25) is 11.8 Å². The van der Waals surface area contributed by atoms with Crippen LogP contribution in [0.3, 0.4) is 0 Å². The van der Waals surface area contributed by atoms with Gasteiger partial charge in [-0.1, -0.05) is 12.5 Å². The van der Waals surface area contributed by atoms with Crippen molar-refractivity contribution in [1.29, 1.82) is 0 Å². The summed E-state index contributed by atoms with van der Waals surface area (Å²) in [6, 6.07) is 4.71. The second-order valence-electron chi connectivity index (χ2n) is 8.11. The number of H-pyrrole nitrogens is 1. The van der Waals surface area contributed by atoms with Crippen LogP contribution < -0.4 is 5.56 Å². The highest BCUT2D eigenvalue weighted by atomic mass is 19.1. The van der Waals surface area contributed by atoms with E-state index in [0.29, 0.717) is 43.7 Å². The van der Waals surface area contributed by atoms with Crippen molar-refractivity contribution < 1.29 is 14.0 Å². The Balaban J connectivity index is 1.36. The molecule has 1 saturated carbocycles. The lowest BCUT2D eigenvalue weighted by Crippen LogP contribution is -2.52. The number of carbonyl (C=O) groups excluding carboxylic acids is 2. The molecule has 2 aromatic rings. The Morgan fingerprint density at radius 2 is 1.83 bits per heavy atom. The lowest BCUT2D eigenvalue weighted by Gasteiger charge is -2.38. The van der Waals surface area contributed by atoms with Gasteiger partial charge in [0.05, 0.1) is 5.39 Å². The lowest BCUT2D eigenvalue weighted by atomic mass is 9.84. The first-order valence-electron chi connectivity index (χ1n) is 10.3. The molecular formula is C22H26FN3O3. The number of carbonyl (C=O) groups is 2. The van der Waals surface area contributed by atoms with Crippen LogP contribution in [0, 0.1) is 18.7 Å². The maximum Gasteiger partial charge on any atom is 0.259 e. The van der Waals surface area contributed by atoms with Gasteiger partial charge in [0, 0.05) is 44.2 Å². The largest absolute Gasteiger partial charge is 0.339 e. The van der Waals surface area contributed by atoms with Crippen LogP contribution >= 0.6 is 0 Å². The number of nitrogens with zero attached hydrogens (tertiary/aromatic N) is 2. The molecule has 154 valence electrons. The highest BCUT2D eigenvalue weighted by Gasteiger charge is 2.31. The number of halogens is 1. The van der Waals surface area contributed by atoms with E-state index in [4.69, 9.17) is 0 Å². The van der Waals surface area contributed by atoms with Gasteiger partial charge in [-0.2, -0.15) is 0 Å². The van der Waals surface area contributed by atoms with Crippen molar-refractivity contribution in [3.63, 3.8) is 0 Å². The second-order valence-corrected chi connectivity index (χ2v) is 8.11. The van der Waals surface area contributed by atoms with Gasteiger partial charge in [-0.15, -0.1) is 0 Å². The molecular weight excluding hydrogens is 373 g/mol. The van der Waals surface area contributed by atoms with E-state index in [0.717, 1.165) is 24.8 Å². The normalized spacial score (nSPS) is 17.4. The summed E-state index contributed by atoms with van der Waals surface area (Å²) in [5, 5.41) is 0.645. The van der Waals surface area contributed by atoms with Crippen LogP contribution in [-0.2, 0) is 16.0 Å². The quantitative estimate of drug-likeness (QED) is 0.858. The summed E-state index contributed by atoms with van der Waals surface area (Å²) < 4.78 is 14.0. The van der Waals surface area contributed by atoms with E-state index < -0.39 is 11.4 Å². The van der Waals surface area contributed by atoms with E-state index in [9.17, 15) is 18.8 Å². The van der Waals surface area contributed by atoms with Crippen LogP contribution in [0.2, 0.25) is 0 Å². The molecule has 0 spiro atoms. The van der Waals surface area contributed by atoms with Gasteiger partial charge >= 0.3 is 0 Å². The summed E-state index contributed by atoms with van der Waals surface area (Å²) in [6.45, 7) is 4.12. The topological polar surface area (TPSA) is 73.5 Å². The number of piperazine rings is 1. The van der Waals surface area contributed by atoms with Crippen molar-refractivity contribution in [2.75, 3.05) is 26.2 Å². The van der Waals surface area contributed by atoms with Gasteiger partial charge in [-0.3, -0.25) is 14.4 Å². The number of aromatic amines is 1. The van der Waals surface area contributed by atoms with E-state index in [1.807, 2.05) is 11.8 Å². The predicted molar refractivity (Wildman–Crippen MR) is 108 cm³/mol. The Labute approximate surface area is 168 Å². The molecule has 2 fully saturated rings. The monoisotopic (exact) mass is 399 g/mol. The maximum absolute atomic E-state index is 14.0. The fourth-order valence-electron chi connectivity index (χ4n) is 4.16. The Morgan fingerprint density at radius 3 is 2.48 bits per heavy atom. The van der Waals surface area contributed by atoms with Crippen molar-refractivity contribution in [2.24, 2.45) is 5.92 Å². The van der Waals surface area contributed by atoms with E-state index in [-0.39, 0.29) is 29.5 Å². The van der Waals surface area contributed by atoms with Crippen LogP contribution in [0.5, 0.6) is 0 Å². The average Bonchev–Trinajstić information content (AvgIpc) is 2.67. The van der Waals surface area contributed by atoms with Gasteiger partial charge in [-0.05, 0) is 49.3 Å².